The summed E-state index contributed by atoms with van der Waals surface area (Å²) in [5.41, 5.74) is 1.56. The van der Waals surface area contributed by atoms with Crippen LogP contribution >= 0.6 is 0 Å². The molecule has 6 heteroatoms. The van der Waals surface area contributed by atoms with E-state index in [4.69, 9.17) is 0 Å². The van der Waals surface area contributed by atoms with Crippen LogP contribution in [0.4, 0.5) is 14.5 Å². The number of carbonyl (C=O) groups excluding carboxylic acids is 1. The fourth-order valence-electron chi connectivity index (χ4n) is 3.35. The van der Waals surface area contributed by atoms with Gasteiger partial charge in [-0.05, 0) is 43.8 Å². The highest BCUT2D eigenvalue weighted by Crippen LogP contribution is 2.21. The van der Waals surface area contributed by atoms with Gasteiger partial charge in [-0.25, -0.2) is 8.78 Å². The number of likely N-dealkylation sites (N-methyl/N-ethyl adjacent to an activating group) is 1. The van der Waals surface area contributed by atoms with Crippen molar-refractivity contribution in [1.29, 1.82) is 0 Å². The smallest absolute Gasteiger partial charge is 0.236 e. The summed E-state index contributed by atoms with van der Waals surface area (Å²) in [6.45, 7) is 4.67. The monoisotopic (exact) mass is 373 g/mol. The summed E-state index contributed by atoms with van der Waals surface area (Å²) in [6.07, 6.45) is 0. The zero-order chi connectivity index (χ0) is 19.4. The van der Waals surface area contributed by atoms with Crippen LogP contribution in [0.1, 0.15) is 18.5 Å². The lowest BCUT2D eigenvalue weighted by Gasteiger charge is -2.37. The van der Waals surface area contributed by atoms with Crippen LogP contribution in [0.15, 0.2) is 48.5 Å². The highest BCUT2D eigenvalue weighted by atomic mass is 19.1. The fraction of sp³-hybridized carbons (Fsp3) is 0.381. The van der Waals surface area contributed by atoms with Crippen LogP contribution in [0, 0.1) is 11.6 Å². The molecule has 4 nitrogen and oxygen atoms in total. The van der Waals surface area contributed by atoms with E-state index in [-0.39, 0.29) is 30.1 Å². The third-order valence-corrected chi connectivity index (χ3v) is 5.22. The van der Waals surface area contributed by atoms with Crippen molar-refractivity contribution in [1.82, 2.24) is 9.80 Å². The van der Waals surface area contributed by atoms with E-state index in [1.54, 1.807) is 24.3 Å². The van der Waals surface area contributed by atoms with Crippen LogP contribution in [0.3, 0.4) is 0 Å². The molecule has 0 bridgehead atoms. The van der Waals surface area contributed by atoms with Gasteiger partial charge in [-0.2, -0.15) is 0 Å². The second kappa shape index (κ2) is 8.48. The average molecular weight is 373 g/mol. The molecule has 1 aliphatic rings. The van der Waals surface area contributed by atoms with Gasteiger partial charge >= 0.3 is 0 Å². The molecule has 0 spiro atoms. The Bertz CT molecular complexity index is 773. The summed E-state index contributed by atoms with van der Waals surface area (Å²) in [6, 6.07) is 13.1. The molecule has 0 radical (unpaired) electrons. The number of anilines is 1. The minimum Gasteiger partial charge on any atom is -0.366 e. The lowest BCUT2D eigenvalue weighted by molar-refractivity contribution is -0.132. The minimum atomic E-state index is -0.266. The molecule has 1 fully saturated rings. The van der Waals surface area contributed by atoms with E-state index in [0.717, 1.165) is 5.56 Å². The second-order valence-corrected chi connectivity index (χ2v) is 6.96. The van der Waals surface area contributed by atoms with Crippen LogP contribution < -0.4 is 4.90 Å². The second-order valence-electron chi connectivity index (χ2n) is 6.96. The Morgan fingerprint density at radius 3 is 2.30 bits per heavy atom. The molecule has 1 heterocycles. The Morgan fingerprint density at radius 2 is 1.67 bits per heavy atom. The molecule has 0 aliphatic carbocycles. The van der Waals surface area contributed by atoms with Gasteiger partial charge in [0, 0.05) is 32.2 Å². The summed E-state index contributed by atoms with van der Waals surface area (Å²) < 4.78 is 27.0. The lowest BCUT2D eigenvalue weighted by Crippen LogP contribution is -2.51. The van der Waals surface area contributed by atoms with Crippen molar-refractivity contribution in [3.63, 3.8) is 0 Å². The van der Waals surface area contributed by atoms with Gasteiger partial charge in [0.15, 0.2) is 0 Å². The van der Waals surface area contributed by atoms with Crippen LogP contribution in [-0.2, 0) is 4.79 Å². The average Bonchev–Trinajstić information content (AvgIpc) is 2.68. The van der Waals surface area contributed by atoms with Gasteiger partial charge in [0.2, 0.25) is 5.91 Å². The molecule has 0 saturated carbocycles. The predicted octanol–water partition coefficient (Wildman–Crippen LogP) is 3.31. The van der Waals surface area contributed by atoms with E-state index in [0.29, 0.717) is 31.9 Å². The molecule has 1 amide bonds. The third-order valence-electron chi connectivity index (χ3n) is 5.22. The van der Waals surface area contributed by atoms with Crippen molar-refractivity contribution in [3.8, 4) is 0 Å². The fourth-order valence-corrected chi connectivity index (χ4v) is 3.35. The highest BCUT2D eigenvalue weighted by Gasteiger charge is 2.24. The Morgan fingerprint density at radius 1 is 1.04 bits per heavy atom. The lowest BCUT2D eigenvalue weighted by atomic mass is 10.1. The summed E-state index contributed by atoms with van der Waals surface area (Å²) in [4.78, 5) is 18.4. The molecule has 144 valence electrons. The van der Waals surface area contributed by atoms with E-state index in [1.807, 2.05) is 34.7 Å². The summed E-state index contributed by atoms with van der Waals surface area (Å²) in [7, 11) is 1.89. The van der Waals surface area contributed by atoms with Crippen molar-refractivity contribution < 1.29 is 13.6 Å². The van der Waals surface area contributed by atoms with Gasteiger partial charge in [0.25, 0.3) is 0 Å². The summed E-state index contributed by atoms with van der Waals surface area (Å²) in [5, 5.41) is 0. The number of nitrogens with zero attached hydrogens (tertiary/aromatic N) is 3. The topological polar surface area (TPSA) is 26.8 Å². The first-order valence-electron chi connectivity index (χ1n) is 9.18. The zero-order valence-corrected chi connectivity index (χ0v) is 15.7. The molecule has 1 atom stereocenters. The van der Waals surface area contributed by atoms with Gasteiger partial charge in [-0.1, -0.05) is 24.3 Å². The molecule has 3 rings (SSSR count). The van der Waals surface area contributed by atoms with Crippen molar-refractivity contribution in [2.24, 2.45) is 0 Å². The largest absolute Gasteiger partial charge is 0.366 e. The highest BCUT2D eigenvalue weighted by molar-refractivity contribution is 5.78. The standard InChI is InChI=1S/C21H25F2N3O/c1-16(17-7-9-18(22)10-8-17)24(2)15-21(27)26-13-11-25(12-14-26)20-6-4-3-5-19(20)23/h3-10,16H,11-15H2,1-2H3. The molecular formula is C21H25F2N3O. The third kappa shape index (κ3) is 4.63. The normalized spacial score (nSPS) is 15.9. The first-order chi connectivity index (χ1) is 13.0. The number of benzene rings is 2. The molecule has 0 N–H and O–H groups in total. The molecule has 1 unspecified atom stereocenters. The van der Waals surface area contributed by atoms with E-state index in [1.165, 1.54) is 18.2 Å². The summed E-state index contributed by atoms with van der Waals surface area (Å²) >= 11 is 0. The van der Waals surface area contributed by atoms with Crippen LogP contribution in [-0.4, -0.2) is 55.5 Å². The predicted molar refractivity (Wildman–Crippen MR) is 103 cm³/mol. The molecule has 0 aromatic heterocycles. The Hall–Kier alpha value is -2.47. The maximum absolute atomic E-state index is 13.9. The van der Waals surface area contributed by atoms with Gasteiger partial charge in [0.1, 0.15) is 11.6 Å². The maximum Gasteiger partial charge on any atom is 0.236 e. The molecule has 1 aliphatic heterocycles. The van der Waals surface area contributed by atoms with E-state index in [9.17, 15) is 13.6 Å². The minimum absolute atomic E-state index is 0.00857. The molecular weight excluding hydrogens is 348 g/mol. The van der Waals surface area contributed by atoms with Crippen molar-refractivity contribution in [2.45, 2.75) is 13.0 Å². The van der Waals surface area contributed by atoms with Gasteiger partial charge in [0.05, 0.1) is 12.2 Å². The summed E-state index contributed by atoms with van der Waals surface area (Å²) in [5.74, 6) is -0.442. The Balaban J connectivity index is 1.53. The van der Waals surface area contributed by atoms with E-state index in [2.05, 4.69) is 0 Å². The number of piperazine rings is 1. The van der Waals surface area contributed by atoms with Crippen LogP contribution in [0.5, 0.6) is 0 Å². The number of hydrogen-bond donors (Lipinski definition) is 0. The number of halogens is 2. The van der Waals surface area contributed by atoms with Crippen LogP contribution in [0.25, 0.3) is 0 Å². The van der Waals surface area contributed by atoms with Gasteiger partial charge < -0.3 is 9.80 Å². The van der Waals surface area contributed by atoms with Crippen molar-refractivity contribution in [3.05, 3.63) is 65.7 Å². The van der Waals surface area contributed by atoms with Gasteiger partial charge in [-0.15, -0.1) is 0 Å². The van der Waals surface area contributed by atoms with E-state index >= 15 is 0 Å². The molecule has 2 aromatic rings. The molecule has 2 aromatic carbocycles. The Kier molecular flexibility index (Phi) is 6.06. The molecule has 1 saturated heterocycles. The number of hydrogen-bond acceptors (Lipinski definition) is 3. The SMILES string of the molecule is CC(c1ccc(F)cc1)N(C)CC(=O)N1CCN(c2ccccc2F)CC1. The number of para-hydroxylation sites is 1. The quantitative estimate of drug-likeness (QED) is 0.805. The maximum atomic E-state index is 13.9. The first-order valence-corrected chi connectivity index (χ1v) is 9.18. The zero-order valence-electron chi connectivity index (χ0n) is 15.7. The molecule has 27 heavy (non-hydrogen) atoms. The van der Waals surface area contributed by atoms with E-state index < -0.39 is 0 Å². The van der Waals surface area contributed by atoms with Crippen LogP contribution in [0.2, 0.25) is 0 Å². The number of rotatable bonds is 5. The number of amides is 1. The Labute approximate surface area is 159 Å². The number of carbonyl (C=O) groups is 1. The van der Waals surface area contributed by atoms with Gasteiger partial charge in [-0.3, -0.25) is 9.69 Å². The van der Waals surface area contributed by atoms with Crippen molar-refractivity contribution in [2.75, 3.05) is 44.7 Å². The van der Waals surface area contributed by atoms with Crippen molar-refractivity contribution >= 4 is 11.6 Å². The first kappa shape index (κ1) is 19.3.